The molecule has 1 aromatic heterocycles. The summed E-state index contributed by atoms with van der Waals surface area (Å²) in [6.07, 6.45) is 3.00. The molecule has 1 aromatic carbocycles. The van der Waals surface area contributed by atoms with Crippen LogP contribution in [0.2, 0.25) is 0 Å². The van der Waals surface area contributed by atoms with Gasteiger partial charge in [0.05, 0.1) is 22.0 Å². The molecule has 0 saturated carbocycles. The van der Waals surface area contributed by atoms with E-state index in [1.54, 1.807) is 11.8 Å². The van der Waals surface area contributed by atoms with Crippen LogP contribution in [0.1, 0.15) is 36.9 Å². The molecule has 0 aliphatic rings. The van der Waals surface area contributed by atoms with Crippen LogP contribution in [0.25, 0.3) is 0 Å². The second-order valence-corrected chi connectivity index (χ2v) is 6.54. The predicted octanol–water partition coefficient (Wildman–Crippen LogP) is 4.23. The van der Waals surface area contributed by atoms with Crippen molar-refractivity contribution in [2.45, 2.75) is 44.2 Å². The lowest BCUT2D eigenvalue weighted by molar-refractivity contribution is 0.175. The van der Waals surface area contributed by atoms with Crippen molar-refractivity contribution in [3.63, 3.8) is 0 Å². The highest BCUT2D eigenvalue weighted by Crippen LogP contribution is 2.28. The second kappa shape index (κ2) is 7.47. The Balaban J connectivity index is 2.22. The fourth-order valence-electron chi connectivity index (χ4n) is 2.34. The van der Waals surface area contributed by atoms with Crippen molar-refractivity contribution in [3.05, 3.63) is 45.7 Å². The zero-order valence-electron chi connectivity index (χ0n) is 12.6. The number of halogens is 1. The summed E-state index contributed by atoms with van der Waals surface area (Å²) in [6.45, 7) is 4.97. The Bertz CT molecular complexity index is 595. The third-order valence-corrected chi connectivity index (χ3v) is 5.24. The molecule has 21 heavy (non-hydrogen) atoms. The van der Waals surface area contributed by atoms with Crippen molar-refractivity contribution in [3.8, 4) is 0 Å². The van der Waals surface area contributed by atoms with Crippen molar-refractivity contribution in [2.75, 3.05) is 6.26 Å². The maximum atomic E-state index is 10.5. The topological polar surface area (TPSA) is 38.0 Å². The molecule has 0 radical (unpaired) electrons. The average Bonchev–Trinajstić information content (AvgIpc) is 2.83. The molecule has 3 nitrogen and oxygen atoms in total. The van der Waals surface area contributed by atoms with E-state index in [9.17, 15) is 5.11 Å². The van der Waals surface area contributed by atoms with Gasteiger partial charge in [-0.2, -0.15) is 5.10 Å². The summed E-state index contributed by atoms with van der Waals surface area (Å²) in [6, 6.07) is 8.09. The molecule has 1 N–H and O–H groups in total. The lowest BCUT2D eigenvalue weighted by Crippen LogP contribution is -2.09. The minimum Gasteiger partial charge on any atom is -0.388 e. The number of thioether (sulfide) groups is 1. The first-order chi connectivity index (χ1) is 10.1. The van der Waals surface area contributed by atoms with E-state index in [1.807, 2.05) is 28.9 Å². The molecule has 0 amide bonds. The summed E-state index contributed by atoms with van der Waals surface area (Å²) in [5.74, 6) is 0. The molecule has 0 bridgehead atoms. The number of rotatable bonds is 6. The van der Waals surface area contributed by atoms with Gasteiger partial charge in [0.1, 0.15) is 0 Å². The van der Waals surface area contributed by atoms with Crippen LogP contribution < -0.4 is 0 Å². The number of aromatic nitrogens is 2. The maximum absolute atomic E-state index is 10.5. The minimum atomic E-state index is -0.510. The van der Waals surface area contributed by atoms with E-state index in [4.69, 9.17) is 0 Å². The van der Waals surface area contributed by atoms with E-state index >= 15 is 0 Å². The molecular formula is C16H21BrN2OS. The van der Waals surface area contributed by atoms with Gasteiger partial charge in [-0.05, 0) is 53.2 Å². The van der Waals surface area contributed by atoms with Gasteiger partial charge in [-0.1, -0.05) is 19.1 Å². The van der Waals surface area contributed by atoms with Crippen LogP contribution >= 0.6 is 27.7 Å². The largest absolute Gasteiger partial charge is 0.388 e. The van der Waals surface area contributed by atoms with Gasteiger partial charge in [0.2, 0.25) is 0 Å². The molecule has 5 heteroatoms. The summed E-state index contributed by atoms with van der Waals surface area (Å²) < 4.78 is 3.01. The smallest absolute Gasteiger partial charge is 0.0845 e. The number of aliphatic hydroxyl groups excluding tert-OH is 1. The Labute approximate surface area is 138 Å². The van der Waals surface area contributed by atoms with Crippen LogP contribution in [0.3, 0.4) is 0 Å². The van der Waals surface area contributed by atoms with Crippen LogP contribution in [-0.4, -0.2) is 21.1 Å². The summed E-state index contributed by atoms with van der Waals surface area (Å²) >= 11 is 5.33. The van der Waals surface area contributed by atoms with Crippen LogP contribution in [0.5, 0.6) is 0 Å². The first kappa shape index (κ1) is 16.6. The fourth-order valence-corrected chi connectivity index (χ4v) is 3.47. The maximum Gasteiger partial charge on any atom is 0.0845 e. The zero-order valence-corrected chi connectivity index (χ0v) is 15.0. The van der Waals surface area contributed by atoms with Crippen LogP contribution in [-0.2, 0) is 19.4 Å². The summed E-state index contributed by atoms with van der Waals surface area (Å²) in [7, 11) is 0. The highest BCUT2D eigenvalue weighted by atomic mass is 79.9. The van der Waals surface area contributed by atoms with Gasteiger partial charge in [0.15, 0.2) is 0 Å². The number of aryl methyl sites for hydroxylation is 2. The van der Waals surface area contributed by atoms with Gasteiger partial charge in [-0.15, -0.1) is 11.8 Å². The first-order valence-electron chi connectivity index (χ1n) is 7.16. The summed E-state index contributed by atoms with van der Waals surface area (Å²) in [4.78, 5) is 1.21. The van der Waals surface area contributed by atoms with E-state index in [0.29, 0.717) is 6.42 Å². The summed E-state index contributed by atoms with van der Waals surface area (Å²) in [5, 5.41) is 15.1. The molecule has 2 aromatic rings. The van der Waals surface area contributed by atoms with Crippen LogP contribution in [0.4, 0.5) is 0 Å². The second-order valence-electron chi connectivity index (χ2n) is 4.87. The molecule has 1 unspecified atom stereocenters. The monoisotopic (exact) mass is 368 g/mol. The van der Waals surface area contributed by atoms with Crippen molar-refractivity contribution < 1.29 is 5.11 Å². The van der Waals surface area contributed by atoms with E-state index in [0.717, 1.165) is 34.4 Å². The number of hydrogen-bond donors (Lipinski definition) is 1. The Morgan fingerprint density at radius 3 is 2.48 bits per heavy atom. The van der Waals surface area contributed by atoms with Crippen molar-refractivity contribution in [2.24, 2.45) is 0 Å². The normalized spacial score (nSPS) is 12.6. The molecule has 1 atom stereocenters. The molecule has 1 heterocycles. The third-order valence-electron chi connectivity index (χ3n) is 3.58. The Hall–Kier alpha value is -0.780. The van der Waals surface area contributed by atoms with Gasteiger partial charge in [0.25, 0.3) is 0 Å². The molecular weight excluding hydrogens is 348 g/mol. The van der Waals surface area contributed by atoms with E-state index in [-0.39, 0.29) is 0 Å². The predicted molar refractivity (Wildman–Crippen MR) is 91.9 cm³/mol. The van der Waals surface area contributed by atoms with E-state index < -0.39 is 6.10 Å². The van der Waals surface area contributed by atoms with Crippen molar-refractivity contribution >= 4 is 27.7 Å². The SMILES string of the molecule is CCc1nn(CC)c(CC(O)c2ccc(SC)cc2)c1Br. The van der Waals surface area contributed by atoms with Gasteiger partial charge in [-0.3, -0.25) is 4.68 Å². The lowest BCUT2D eigenvalue weighted by atomic mass is 10.0. The first-order valence-corrected chi connectivity index (χ1v) is 9.18. The number of aliphatic hydroxyl groups is 1. The average molecular weight is 369 g/mol. The summed E-state index contributed by atoms with van der Waals surface area (Å²) in [5.41, 5.74) is 3.06. The highest BCUT2D eigenvalue weighted by Gasteiger charge is 2.18. The Morgan fingerprint density at radius 2 is 1.95 bits per heavy atom. The zero-order chi connectivity index (χ0) is 15.4. The molecule has 0 saturated heterocycles. The molecule has 0 aliphatic carbocycles. The number of benzene rings is 1. The molecule has 0 fully saturated rings. The Kier molecular flexibility index (Phi) is 5.90. The highest BCUT2D eigenvalue weighted by molar-refractivity contribution is 9.10. The van der Waals surface area contributed by atoms with Gasteiger partial charge < -0.3 is 5.11 Å². The van der Waals surface area contributed by atoms with Gasteiger partial charge in [0, 0.05) is 17.9 Å². The molecule has 0 spiro atoms. The van der Waals surface area contributed by atoms with E-state index in [2.05, 4.69) is 41.1 Å². The van der Waals surface area contributed by atoms with Crippen molar-refractivity contribution in [1.82, 2.24) is 9.78 Å². The van der Waals surface area contributed by atoms with Crippen LogP contribution in [0.15, 0.2) is 33.6 Å². The van der Waals surface area contributed by atoms with Crippen LogP contribution in [0, 0.1) is 0 Å². The third kappa shape index (κ3) is 3.71. The quantitative estimate of drug-likeness (QED) is 0.775. The standard InChI is InChI=1S/C16H21BrN2OS/c1-4-13-16(17)14(19(5-2)18-13)10-15(20)11-6-8-12(21-3)9-7-11/h6-9,15,20H,4-5,10H2,1-3H3. The van der Waals surface area contributed by atoms with Crippen molar-refractivity contribution in [1.29, 1.82) is 0 Å². The number of hydrogen-bond acceptors (Lipinski definition) is 3. The van der Waals surface area contributed by atoms with Gasteiger partial charge >= 0.3 is 0 Å². The molecule has 2 rings (SSSR count). The molecule has 114 valence electrons. The Morgan fingerprint density at radius 1 is 1.29 bits per heavy atom. The lowest BCUT2D eigenvalue weighted by Gasteiger charge is -2.13. The number of nitrogens with zero attached hydrogens (tertiary/aromatic N) is 2. The minimum absolute atomic E-state index is 0.510. The molecule has 0 aliphatic heterocycles. The van der Waals surface area contributed by atoms with Gasteiger partial charge in [-0.25, -0.2) is 0 Å². The van der Waals surface area contributed by atoms with E-state index in [1.165, 1.54) is 4.90 Å². The fraction of sp³-hybridized carbons (Fsp3) is 0.438.